The molecule has 0 spiro atoms. The molecule has 0 radical (unpaired) electrons. The van der Waals surface area contributed by atoms with Gasteiger partial charge in [-0.3, -0.25) is 0 Å². The van der Waals surface area contributed by atoms with E-state index in [2.05, 4.69) is 23.8 Å². The number of fused-ring (bicyclic) bond motifs is 1. The van der Waals surface area contributed by atoms with Crippen molar-refractivity contribution in [2.24, 2.45) is 5.92 Å². The number of nitrogens with two attached hydrogens (primary N) is 1. The molecule has 0 saturated heterocycles. The molecule has 0 aliphatic heterocycles. The first-order valence-corrected chi connectivity index (χ1v) is 6.25. The summed E-state index contributed by atoms with van der Waals surface area (Å²) >= 11 is 0. The molecule has 1 aromatic heterocycles. The second-order valence-corrected chi connectivity index (χ2v) is 4.96. The molecule has 4 heteroatoms. The summed E-state index contributed by atoms with van der Waals surface area (Å²) in [5.74, 6) is 1.41. The van der Waals surface area contributed by atoms with Crippen LogP contribution in [0.2, 0.25) is 0 Å². The van der Waals surface area contributed by atoms with Gasteiger partial charge in [-0.2, -0.15) is 4.98 Å². The van der Waals surface area contributed by atoms with Crippen molar-refractivity contribution >= 4 is 16.9 Å². The molecule has 0 bridgehead atoms. The van der Waals surface area contributed by atoms with Crippen LogP contribution in [0.25, 0.3) is 10.9 Å². The van der Waals surface area contributed by atoms with Crippen LogP contribution in [0.3, 0.4) is 0 Å². The molecule has 0 fully saturated rings. The van der Waals surface area contributed by atoms with Crippen LogP contribution >= 0.6 is 0 Å². The van der Waals surface area contributed by atoms with Gasteiger partial charge in [0.1, 0.15) is 0 Å². The fraction of sp³-hybridized carbons (Fsp3) is 0.429. The highest BCUT2D eigenvalue weighted by Crippen LogP contribution is 2.24. The number of hydrogen-bond acceptors (Lipinski definition) is 4. The Balaban J connectivity index is 2.32. The molecular formula is C14H19N3O. The number of rotatable bonds is 4. The van der Waals surface area contributed by atoms with Crippen molar-refractivity contribution in [3.8, 4) is 5.88 Å². The molecule has 1 atom stereocenters. The van der Waals surface area contributed by atoms with Crippen LogP contribution in [0, 0.1) is 5.92 Å². The van der Waals surface area contributed by atoms with Gasteiger partial charge in [-0.15, -0.1) is 0 Å². The van der Waals surface area contributed by atoms with Crippen LogP contribution in [0.15, 0.2) is 24.3 Å². The van der Waals surface area contributed by atoms with E-state index < -0.39 is 0 Å². The van der Waals surface area contributed by atoms with E-state index in [0.717, 1.165) is 17.3 Å². The Bertz CT molecular complexity index is 540. The average molecular weight is 245 g/mol. The number of aromatic nitrogens is 2. The summed E-state index contributed by atoms with van der Waals surface area (Å²) in [5, 5.41) is 0.905. The van der Waals surface area contributed by atoms with E-state index in [1.54, 1.807) is 0 Å². The summed E-state index contributed by atoms with van der Waals surface area (Å²) in [7, 11) is 0. The van der Waals surface area contributed by atoms with Gasteiger partial charge in [0.2, 0.25) is 11.8 Å². The van der Waals surface area contributed by atoms with Crippen molar-refractivity contribution in [1.29, 1.82) is 0 Å². The SMILES string of the molecule is CC(C)CC(C)Oc1nc(N)nc2ccccc12. The second kappa shape index (κ2) is 5.21. The molecule has 1 heterocycles. The number of ether oxygens (including phenoxy) is 1. The van der Waals surface area contributed by atoms with Gasteiger partial charge in [0.05, 0.1) is 17.0 Å². The zero-order valence-electron chi connectivity index (χ0n) is 11.1. The normalized spacial score (nSPS) is 12.9. The highest BCUT2D eigenvalue weighted by Gasteiger charge is 2.12. The molecule has 4 nitrogen and oxygen atoms in total. The summed E-state index contributed by atoms with van der Waals surface area (Å²) in [4.78, 5) is 8.38. The van der Waals surface area contributed by atoms with Crippen molar-refractivity contribution in [3.63, 3.8) is 0 Å². The molecule has 2 rings (SSSR count). The minimum atomic E-state index is 0.114. The van der Waals surface area contributed by atoms with Crippen molar-refractivity contribution < 1.29 is 4.74 Å². The summed E-state index contributed by atoms with van der Waals surface area (Å²) < 4.78 is 5.89. The number of nitrogen functional groups attached to an aromatic ring is 1. The molecule has 0 amide bonds. The molecule has 0 aliphatic carbocycles. The van der Waals surface area contributed by atoms with Crippen LogP contribution in [-0.4, -0.2) is 16.1 Å². The van der Waals surface area contributed by atoms with Crippen molar-refractivity contribution in [2.45, 2.75) is 33.3 Å². The van der Waals surface area contributed by atoms with Gasteiger partial charge in [-0.1, -0.05) is 26.0 Å². The molecule has 2 N–H and O–H groups in total. The molecular weight excluding hydrogens is 226 g/mol. The highest BCUT2D eigenvalue weighted by atomic mass is 16.5. The summed E-state index contributed by atoms with van der Waals surface area (Å²) in [5.41, 5.74) is 6.52. The van der Waals surface area contributed by atoms with E-state index in [1.807, 2.05) is 31.2 Å². The van der Waals surface area contributed by atoms with Crippen molar-refractivity contribution in [1.82, 2.24) is 9.97 Å². The summed E-state index contributed by atoms with van der Waals surface area (Å²) in [6.07, 6.45) is 1.10. The van der Waals surface area contributed by atoms with E-state index >= 15 is 0 Å². The van der Waals surface area contributed by atoms with Gasteiger partial charge in [-0.25, -0.2) is 4.98 Å². The van der Waals surface area contributed by atoms with Crippen LogP contribution in [0.1, 0.15) is 27.2 Å². The third-order valence-corrected chi connectivity index (χ3v) is 2.70. The van der Waals surface area contributed by atoms with Crippen LogP contribution in [0.4, 0.5) is 5.95 Å². The van der Waals surface area contributed by atoms with Gasteiger partial charge >= 0.3 is 0 Å². The Hall–Kier alpha value is -1.84. The summed E-state index contributed by atoms with van der Waals surface area (Å²) in [6.45, 7) is 6.39. The van der Waals surface area contributed by atoms with Gasteiger partial charge in [0.15, 0.2) is 0 Å². The van der Waals surface area contributed by atoms with E-state index in [9.17, 15) is 0 Å². The predicted molar refractivity (Wildman–Crippen MR) is 73.5 cm³/mol. The quantitative estimate of drug-likeness (QED) is 0.899. The first-order valence-electron chi connectivity index (χ1n) is 6.25. The number of anilines is 1. The Labute approximate surface area is 107 Å². The lowest BCUT2D eigenvalue weighted by molar-refractivity contribution is 0.188. The standard InChI is InChI=1S/C14H19N3O/c1-9(2)8-10(3)18-13-11-6-4-5-7-12(11)16-14(15)17-13/h4-7,9-10H,8H2,1-3H3,(H2,15,16,17). The first kappa shape index (κ1) is 12.6. The Morgan fingerprint density at radius 1 is 1.17 bits per heavy atom. The van der Waals surface area contributed by atoms with Crippen LogP contribution < -0.4 is 10.5 Å². The predicted octanol–water partition coefficient (Wildman–Crippen LogP) is 3.03. The van der Waals surface area contributed by atoms with Crippen LogP contribution in [0.5, 0.6) is 5.88 Å². The maximum absolute atomic E-state index is 5.89. The minimum Gasteiger partial charge on any atom is -0.474 e. The highest BCUT2D eigenvalue weighted by molar-refractivity contribution is 5.84. The van der Waals surface area contributed by atoms with Gasteiger partial charge in [-0.05, 0) is 31.4 Å². The van der Waals surface area contributed by atoms with Gasteiger partial charge in [0, 0.05) is 0 Å². The Morgan fingerprint density at radius 3 is 2.61 bits per heavy atom. The lowest BCUT2D eigenvalue weighted by Gasteiger charge is -2.17. The Morgan fingerprint density at radius 2 is 1.89 bits per heavy atom. The van der Waals surface area contributed by atoms with E-state index in [1.165, 1.54) is 0 Å². The third kappa shape index (κ3) is 2.88. The van der Waals surface area contributed by atoms with Crippen LogP contribution in [-0.2, 0) is 0 Å². The fourth-order valence-electron chi connectivity index (χ4n) is 2.06. The molecule has 0 saturated carbocycles. The van der Waals surface area contributed by atoms with Gasteiger partial charge in [0.25, 0.3) is 0 Å². The smallest absolute Gasteiger partial charge is 0.226 e. The topological polar surface area (TPSA) is 61.0 Å². The largest absolute Gasteiger partial charge is 0.474 e. The number of hydrogen-bond donors (Lipinski definition) is 1. The van der Waals surface area contributed by atoms with Crippen molar-refractivity contribution in [2.75, 3.05) is 5.73 Å². The molecule has 0 aliphatic rings. The fourth-order valence-corrected chi connectivity index (χ4v) is 2.06. The lowest BCUT2D eigenvalue weighted by atomic mass is 10.1. The molecule has 1 unspecified atom stereocenters. The molecule has 2 aromatic rings. The number of benzene rings is 1. The second-order valence-electron chi connectivity index (χ2n) is 4.96. The average Bonchev–Trinajstić information content (AvgIpc) is 2.27. The lowest BCUT2D eigenvalue weighted by Crippen LogP contribution is -2.16. The minimum absolute atomic E-state index is 0.114. The van der Waals surface area contributed by atoms with Crippen molar-refractivity contribution in [3.05, 3.63) is 24.3 Å². The number of nitrogens with zero attached hydrogens (tertiary/aromatic N) is 2. The monoisotopic (exact) mass is 245 g/mol. The first-order chi connectivity index (χ1) is 8.56. The Kier molecular flexibility index (Phi) is 3.65. The van der Waals surface area contributed by atoms with E-state index in [-0.39, 0.29) is 12.1 Å². The van der Waals surface area contributed by atoms with Gasteiger partial charge < -0.3 is 10.5 Å². The zero-order valence-corrected chi connectivity index (χ0v) is 11.1. The summed E-state index contributed by atoms with van der Waals surface area (Å²) in [6, 6.07) is 7.73. The molecule has 1 aromatic carbocycles. The zero-order chi connectivity index (χ0) is 13.1. The third-order valence-electron chi connectivity index (χ3n) is 2.70. The van der Waals surface area contributed by atoms with E-state index in [0.29, 0.717) is 11.8 Å². The maximum atomic E-state index is 5.89. The molecule has 18 heavy (non-hydrogen) atoms. The van der Waals surface area contributed by atoms with E-state index in [4.69, 9.17) is 10.5 Å². The number of para-hydroxylation sites is 1. The maximum Gasteiger partial charge on any atom is 0.226 e. The molecule has 96 valence electrons.